The maximum Gasteiger partial charge on any atom is 0.252 e. The topological polar surface area (TPSA) is 82.2 Å². The minimum atomic E-state index is -0.737. The van der Waals surface area contributed by atoms with Crippen LogP contribution in [0.3, 0.4) is 0 Å². The molecule has 0 spiro atoms. The van der Waals surface area contributed by atoms with Gasteiger partial charge in [-0.05, 0) is 66.2 Å². The van der Waals surface area contributed by atoms with Gasteiger partial charge in [0.15, 0.2) is 5.11 Å². The van der Waals surface area contributed by atoms with Gasteiger partial charge in [0.1, 0.15) is 11.8 Å². The zero-order valence-electron chi connectivity index (χ0n) is 21.7. The highest BCUT2D eigenvalue weighted by Crippen LogP contribution is 2.27. The minimum absolute atomic E-state index is 0.0450. The Hall–Kier alpha value is -4.24. The molecule has 0 aromatic heterocycles. The Morgan fingerprint density at radius 3 is 2.28 bits per heavy atom. The molecule has 0 radical (unpaired) electrons. The first-order valence-electron chi connectivity index (χ1n) is 12.9. The van der Waals surface area contributed by atoms with Gasteiger partial charge in [0.2, 0.25) is 11.8 Å². The maximum absolute atomic E-state index is 13.6. The number of carbonyl (C=O) groups is 3. The molecule has 0 aliphatic carbocycles. The molecular weight excluding hydrogens is 512 g/mol. The number of anilines is 2. The third-order valence-corrected chi connectivity index (χ3v) is 7.47. The van der Waals surface area contributed by atoms with Gasteiger partial charge in [-0.1, -0.05) is 42.5 Å². The Morgan fingerprint density at radius 2 is 1.64 bits per heavy atom. The smallest absolute Gasteiger partial charge is 0.252 e. The lowest BCUT2D eigenvalue weighted by Crippen LogP contribution is -2.37. The molecule has 200 valence electrons. The lowest BCUT2D eigenvalue weighted by atomic mass is 10.1. The summed E-state index contributed by atoms with van der Waals surface area (Å²) < 4.78 is 5.18. The van der Waals surface area contributed by atoms with Crippen molar-refractivity contribution in [3.05, 3.63) is 90.0 Å². The van der Waals surface area contributed by atoms with Crippen molar-refractivity contribution < 1.29 is 19.1 Å². The molecule has 3 amide bonds. The van der Waals surface area contributed by atoms with Gasteiger partial charge in [0, 0.05) is 30.9 Å². The van der Waals surface area contributed by atoms with Crippen LogP contribution in [0.1, 0.15) is 30.4 Å². The van der Waals surface area contributed by atoms with E-state index in [1.165, 1.54) is 0 Å². The van der Waals surface area contributed by atoms with Crippen LogP contribution in [-0.4, -0.2) is 52.3 Å². The molecule has 2 heterocycles. The molecule has 9 heteroatoms. The number of methoxy groups -OCH3 is 1. The zero-order valence-corrected chi connectivity index (χ0v) is 22.5. The number of rotatable bonds is 9. The van der Waals surface area contributed by atoms with Crippen LogP contribution in [-0.2, 0) is 27.5 Å². The number of hydrogen-bond acceptors (Lipinski definition) is 5. The lowest BCUT2D eigenvalue weighted by Gasteiger charge is -2.24. The zero-order chi connectivity index (χ0) is 27.4. The van der Waals surface area contributed by atoms with E-state index in [2.05, 4.69) is 5.32 Å². The highest BCUT2D eigenvalue weighted by Gasteiger charge is 2.43. The fourth-order valence-electron chi connectivity index (χ4n) is 4.94. The minimum Gasteiger partial charge on any atom is -0.497 e. The number of hydrogen-bond donors (Lipinski definition) is 1. The number of benzene rings is 3. The maximum atomic E-state index is 13.6. The fraction of sp³-hybridized carbons (Fsp3) is 0.267. The molecule has 1 unspecified atom stereocenters. The SMILES string of the molecule is COc1ccc(NC(=O)CC2C(=O)N(Cc3ccccc3)C(=S)N2Cc2ccc(N3CCCC3=O)cc2)cc1. The summed E-state index contributed by atoms with van der Waals surface area (Å²) in [5, 5.41) is 3.27. The molecule has 3 aromatic rings. The van der Waals surface area contributed by atoms with E-state index in [1.807, 2.05) is 59.5 Å². The van der Waals surface area contributed by atoms with Gasteiger partial charge >= 0.3 is 0 Å². The van der Waals surface area contributed by atoms with Crippen molar-refractivity contribution in [2.45, 2.75) is 38.4 Å². The average Bonchev–Trinajstić information content (AvgIpc) is 3.47. The van der Waals surface area contributed by atoms with E-state index < -0.39 is 6.04 Å². The molecule has 2 aliphatic rings. The molecule has 3 aromatic carbocycles. The van der Waals surface area contributed by atoms with Crippen molar-refractivity contribution in [2.75, 3.05) is 23.9 Å². The van der Waals surface area contributed by atoms with E-state index in [0.29, 0.717) is 36.1 Å². The standard InChI is InChI=1S/C30H30N4O4S/c1-38-25-15-11-23(12-16-25)31-27(35)18-26-29(37)34(20-21-6-3-2-4-7-21)30(39)33(26)19-22-9-13-24(14-10-22)32-17-5-8-28(32)36/h2-4,6-7,9-16,26H,5,8,17-20H2,1H3,(H,31,35). The summed E-state index contributed by atoms with van der Waals surface area (Å²) in [5.74, 6) is 0.338. The van der Waals surface area contributed by atoms with Gasteiger partial charge in [-0.15, -0.1) is 0 Å². The van der Waals surface area contributed by atoms with Crippen LogP contribution in [0.4, 0.5) is 11.4 Å². The fourth-order valence-corrected chi connectivity index (χ4v) is 5.29. The summed E-state index contributed by atoms with van der Waals surface area (Å²) in [6, 6.07) is 23.7. The number of ether oxygens (including phenoxy) is 1. The summed E-state index contributed by atoms with van der Waals surface area (Å²) in [6.45, 7) is 1.43. The van der Waals surface area contributed by atoms with Gasteiger partial charge < -0.3 is 19.9 Å². The quantitative estimate of drug-likeness (QED) is 0.405. The number of amides is 3. The molecule has 1 N–H and O–H groups in total. The molecule has 39 heavy (non-hydrogen) atoms. The molecule has 2 saturated heterocycles. The third-order valence-electron chi connectivity index (χ3n) is 7.01. The van der Waals surface area contributed by atoms with E-state index in [-0.39, 0.29) is 24.1 Å². The summed E-state index contributed by atoms with van der Waals surface area (Å²) >= 11 is 5.79. The van der Waals surface area contributed by atoms with Crippen molar-refractivity contribution in [1.82, 2.24) is 9.80 Å². The van der Waals surface area contributed by atoms with Crippen LogP contribution < -0.4 is 15.0 Å². The number of nitrogens with zero attached hydrogens (tertiary/aromatic N) is 3. The van der Waals surface area contributed by atoms with Gasteiger partial charge in [0.25, 0.3) is 5.91 Å². The predicted molar refractivity (Wildman–Crippen MR) is 153 cm³/mol. The van der Waals surface area contributed by atoms with Crippen molar-refractivity contribution in [1.29, 1.82) is 0 Å². The van der Waals surface area contributed by atoms with Gasteiger partial charge in [-0.3, -0.25) is 19.3 Å². The van der Waals surface area contributed by atoms with E-state index >= 15 is 0 Å². The first-order chi connectivity index (χ1) is 18.9. The number of thiocarbonyl (C=S) groups is 1. The molecule has 5 rings (SSSR count). The predicted octanol–water partition coefficient (Wildman–Crippen LogP) is 4.35. The largest absolute Gasteiger partial charge is 0.497 e. The summed E-state index contributed by atoms with van der Waals surface area (Å²) in [5.41, 5.74) is 3.37. The molecule has 2 fully saturated rings. The second-order valence-corrected chi connectivity index (χ2v) is 10.00. The summed E-state index contributed by atoms with van der Waals surface area (Å²) in [4.78, 5) is 44.0. The van der Waals surface area contributed by atoms with Gasteiger partial charge in [-0.2, -0.15) is 0 Å². The Balaban J connectivity index is 1.34. The summed E-state index contributed by atoms with van der Waals surface area (Å²) in [7, 11) is 1.58. The van der Waals surface area contributed by atoms with Crippen LogP contribution in [0, 0.1) is 0 Å². The highest BCUT2D eigenvalue weighted by atomic mass is 32.1. The van der Waals surface area contributed by atoms with Crippen LogP contribution >= 0.6 is 12.2 Å². The van der Waals surface area contributed by atoms with E-state index in [9.17, 15) is 14.4 Å². The van der Waals surface area contributed by atoms with Crippen molar-refractivity contribution in [3.63, 3.8) is 0 Å². The molecular formula is C30H30N4O4S. The number of carbonyl (C=O) groups excluding carboxylic acids is 3. The van der Waals surface area contributed by atoms with Crippen molar-refractivity contribution in [3.8, 4) is 5.75 Å². The van der Waals surface area contributed by atoms with Crippen LogP contribution in [0.25, 0.3) is 0 Å². The molecule has 0 bridgehead atoms. The Morgan fingerprint density at radius 1 is 0.949 bits per heavy atom. The monoisotopic (exact) mass is 542 g/mol. The second-order valence-electron chi connectivity index (χ2n) is 9.63. The van der Waals surface area contributed by atoms with E-state index in [4.69, 9.17) is 17.0 Å². The van der Waals surface area contributed by atoms with Crippen LogP contribution in [0.5, 0.6) is 5.75 Å². The third kappa shape index (κ3) is 5.93. The lowest BCUT2D eigenvalue weighted by molar-refractivity contribution is -0.131. The van der Waals surface area contributed by atoms with Crippen LogP contribution in [0.2, 0.25) is 0 Å². The second kappa shape index (κ2) is 11.7. The Labute approximate surface area is 233 Å². The number of nitrogens with one attached hydrogen (secondary N) is 1. The first kappa shape index (κ1) is 26.4. The Bertz CT molecular complexity index is 1360. The average molecular weight is 543 g/mol. The Kier molecular flexibility index (Phi) is 7.88. The molecule has 8 nitrogen and oxygen atoms in total. The molecule has 0 saturated carbocycles. The molecule has 2 aliphatic heterocycles. The summed E-state index contributed by atoms with van der Waals surface area (Å²) in [6.07, 6.45) is 1.39. The normalized spacial score (nSPS) is 17.2. The van der Waals surface area contributed by atoms with Crippen molar-refractivity contribution in [2.24, 2.45) is 0 Å². The van der Waals surface area contributed by atoms with Gasteiger partial charge in [-0.25, -0.2) is 0 Å². The first-order valence-corrected chi connectivity index (χ1v) is 13.3. The van der Waals surface area contributed by atoms with Crippen molar-refractivity contribution >= 4 is 46.4 Å². The van der Waals surface area contributed by atoms with Crippen LogP contribution in [0.15, 0.2) is 78.9 Å². The van der Waals surface area contributed by atoms with Gasteiger partial charge in [0.05, 0.1) is 20.1 Å². The van der Waals surface area contributed by atoms with E-state index in [1.54, 1.807) is 41.2 Å². The van der Waals surface area contributed by atoms with E-state index in [0.717, 1.165) is 29.8 Å². The highest BCUT2D eigenvalue weighted by molar-refractivity contribution is 7.80. The molecule has 1 atom stereocenters.